The second-order valence-electron chi connectivity index (χ2n) is 4.37. The predicted molar refractivity (Wildman–Crippen MR) is 78.5 cm³/mol. The van der Waals surface area contributed by atoms with Crippen LogP contribution in [0.25, 0.3) is 0 Å². The summed E-state index contributed by atoms with van der Waals surface area (Å²) in [5.74, 6) is 5.47. The van der Waals surface area contributed by atoms with Crippen LogP contribution in [0.15, 0.2) is 48.5 Å². The lowest BCUT2D eigenvalue weighted by atomic mass is 10.1. The van der Waals surface area contributed by atoms with E-state index in [1.807, 2.05) is 37.3 Å². The predicted octanol–water partition coefficient (Wildman–Crippen LogP) is 2.48. The van der Waals surface area contributed by atoms with Crippen LogP contribution in [0.1, 0.15) is 21.5 Å². The van der Waals surface area contributed by atoms with E-state index >= 15 is 0 Å². The van der Waals surface area contributed by atoms with E-state index in [0.29, 0.717) is 0 Å². The quantitative estimate of drug-likeness (QED) is 0.820. The van der Waals surface area contributed by atoms with Crippen molar-refractivity contribution in [3.8, 4) is 17.6 Å². The molecule has 0 aromatic heterocycles. The molecule has 3 heteroatoms. The topological polar surface area (TPSA) is 49.3 Å². The van der Waals surface area contributed by atoms with Crippen LogP contribution in [0.3, 0.4) is 0 Å². The zero-order valence-electron chi connectivity index (χ0n) is 11.2. The first-order valence-electron chi connectivity index (χ1n) is 6.28. The summed E-state index contributed by atoms with van der Waals surface area (Å²) in [4.78, 5) is 11.9. The third-order valence-electron chi connectivity index (χ3n) is 2.74. The molecule has 0 saturated carbocycles. The van der Waals surface area contributed by atoms with Crippen LogP contribution >= 0.6 is 0 Å². The van der Waals surface area contributed by atoms with Crippen molar-refractivity contribution in [1.82, 2.24) is 5.32 Å². The van der Waals surface area contributed by atoms with Gasteiger partial charge in [0.05, 0.1) is 12.1 Å². The molecule has 0 fully saturated rings. The molecule has 2 aromatic rings. The first-order chi connectivity index (χ1) is 9.66. The number of nitrogens with one attached hydrogen (secondary N) is 1. The Kier molecular flexibility index (Phi) is 4.41. The van der Waals surface area contributed by atoms with Crippen LogP contribution < -0.4 is 5.32 Å². The van der Waals surface area contributed by atoms with Crippen molar-refractivity contribution in [2.75, 3.05) is 6.54 Å². The maximum atomic E-state index is 11.9. The number of aryl methyl sites for hydroxylation is 1. The SMILES string of the molecule is Cc1ccc(O)c(C(=O)NCC#Cc2ccccc2)c1. The third kappa shape index (κ3) is 3.63. The summed E-state index contributed by atoms with van der Waals surface area (Å²) < 4.78 is 0. The molecule has 1 amide bonds. The van der Waals surface area contributed by atoms with Crippen molar-refractivity contribution in [1.29, 1.82) is 0 Å². The number of hydrogen-bond donors (Lipinski definition) is 2. The molecule has 0 heterocycles. The van der Waals surface area contributed by atoms with E-state index in [1.54, 1.807) is 12.1 Å². The summed E-state index contributed by atoms with van der Waals surface area (Å²) >= 11 is 0. The first kappa shape index (κ1) is 13.7. The second-order valence-corrected chi connectivity index (χ2v) is 4.37. The van der Waals surface area contributed by atoms with Gasteiger partial charge >= 0.3 is 0 Å². The molecular formula is C17H15NO2. The Labute approximate surface area is 118 Å². The van der Waals surface area contributed by atoms with E-state index in [9.17, 15) is 9.90 Å². The molecule has 2 aromatic carbocycles. The van der Waals surface area contributed by atoms with Crippen molar-refractivity contribution in [2.24, 2.45) is 0 Å². The molecule has 0 aliphatic carbocycles. The van der Waals surface area contributed by atoms with Crippen LogP contribution in [-0.4, -0.2) is 17.6 Å². The van der Waals surface area contributed by atoms with E-state index in [0.717, 1.165) is 11.1 Å². The van der Waals surface area contributed by atoms with Gasteiger partial charge in [-0.25, -0.2) is 0 Å². The average Bonchev–Trinajstić information content (AvgIpc) is 2.47. The number of aromatic hydroxyl groups is 1. The molecule has 2 rings (SSSR count). The van der Waals surface area contributed by atoms with E-state index in [1.165, 1.54) is 6.07 Å². The zero-order valence-corrected chi connectivity index (χ0v) is 11.2. The van der Waals surface area contributed by atoms with E-state index < -0.39 is 0 Å². The summed E-state index contributed by atoms with van der Waals surface area (Å²) in [5, 5.41) is 12.3. The number of carbonyl (C=O) groups excluding carboxylic acids is 1. The summed E-state index contributed by atoms with van der Waals surface area (Å²) in [6.45, 7) is 2.10. The number of benzene rings is 2. The summed E-state index contributed by atoms with van der Waals surface area (Å²) in [6, 6.07) is 14.5. The van der Waals surface area contributed by atoms with Gasteiger partial charge in [0, 0.05) is 5.56 Å². The number of hydrogen-bond acceptors (Lipinski definition) is 2. The Morgan fingerprint density at radius 1 is 1.20 bits per heavy atom. The van der Waals surface area contributed by atoms with Crippen LogP contribution in [-0.2, 0) is 0 Å². The normalized spacial score (nSPS) is 9.45. The highest BCUT2D eigenvalue weighted by Gasteiger charge is 2.09. The van der Waals surface area contributed by atoms with Gasteiger partial charge in [0.1, 0.15) is 5.75 Å². The van der Waals surface area contributed by atoms with Gasteiger partial charge in [0.2, 0.25) is 0 Å². The molecule has 0 bridgehead atoms. The van der Waals surface area contributed by atoms with Gasteiger partial charge in [0.25, 0.3) is 5.91 Å². The standard InChI is InChI=1S/C17H15NO2/c1-13-9-10-16(19)15(12-13)17(20)18-11-5-8-14-6-3-2-4-7-14/h2-4,6-7,9-10,12,19H,11H2,1H3,(H,18,20). The monoisotopic (exact) mass is 265 g/mol. The maximum Gasteiger partial charge on any atom is 0.255 e. The lowest BCUT2D eigenvalue weighted by molar-refractivity contribution is 0.0956. The van der Waals surface area contributed by atoms with E-state index in [4.69, 9.17) is 0 Å². The molecular weight excluding hydrogens is 250 g/mol. The largest absolute Gasteiger partial charge is 0.507 e. The van der Waals surface area contributed by atoms with Crippen molar-refractivity contribution in [3.63, 3.8) is 0 Å². The Hall–Kier alpha value is -2.73. The molecule has 0 unspecified atom stereocenters. The average molecular weight is 265 g/mol. The molecule has 0 aliphatic rings. The van der Waals surface area contributed by atoms with E-state index in [-0.39, 0.29) is 23.8 Å². The van der Waals surface area contributed by atoms with Crippen molar-refractivity contribution in [3.05, 3.63) is 65.2 Å². The molecule has 3 nitrogen and oxygen atoms in total. The Morgan fingerprint density at radius 2 is 1.95 bits per heavy atom. The molecule has 2 N–H and O–H groups in total. The molecule has 0 saturated heterocycles. The van der Waals surface area contributed by atoms with Gasteiger partial charge in [-0.2, -0.15) is 0 Å². The Morgan fingerprint density at radius 3 is 2.70 bits per heavy atom. The highest BCUT2D eigenvalue weighted by atomic mass is 16.3. The molecule has 0 atom stereocenters. The minimum atomic E-state index is -0.325. The van der Waals surface area contributed by atoms with Gasteiger partial charge < -0.3 is 10.4 Å². The molecule has 0 radical (unpaired) electrons. The highest BCUT2D eigenvalue weighted by molar-refractivity contribution is 5.97. The first-order valence-corrected chi connectivity index (χ1v) is 6.28. The van der Waals surface area contributed by atoms with Crippen molar-refractivity contribution >= 4 is 5.91 Å². The van der Waals surface area contributed by atoms with Crippen LogP contribution in [0.5, 0.6) is 5.75 Å². The van der Waals surface area contributed by atoms with Crippen molar-refractivity contribution < 1.29 is 9.90 Å². The Balaban J connectivity index is 1.96. The highest BCUT2D eigenvalue weighted by Crippen LogP contribution is 2.17. The van der Waals surface area contributed by atoms with E-state index in [2.05, 4.69) is 17.2 Å². The minimum Gasteiger partial charge on any atom is -0.507 e. The fourth-order valence-electron chi connectivity index (χ4n) is 1.72. The number of amides is 1. The van der Waals surface area contributed by atoms with Gasteiger partial charge in [-0.05, 0) is 31.2 Å². The van der Waals surface area contributed by atoms with Gasteiger partial charge in [-0.1, -0.05) is 41.7 Å². The minimum absolute atomic E-state index is 0.0240. The second kappa shape index (κ2) is 6.44. The van der Waals surface area contributed by atoms with Gasteiger partial charge in [-0.3, -0.25) is 4.79 Å². The van der Waals surface area contributed by atoms with Crippen LogP contribution in [0.2, 0.25) is 0 Å². The fourth-order valence-corrected chi connectivity index (χ4v) is 1.72. The summed E-state index contributed by atoms with van der Waals surface area (Å²) in [7, 11) is 0. The molecule has 0 aliphatic heterocycles. The molecule has 100 valence electrons. The fraction of sp³-hybridized carbons (Fsp3) is 0.118. The molecule has 0 spiro atoms. The maximum absolute atomic E-state index is 11.9. The van der Waals surface area contributed by atoms with Crippen molar-refractivity contribution in [2.45, 2.75) is 6.92 Å². The number of phenolic OH excluding ortho intramolecular Hbond substituents is 1. The van der Waals surface area contributed by atoms with Crippen LogP contribution in [0.4, 0.5) is 0 Å². The Bertz CT molecular complexity index is 666. The lowest BCUT2D eigenvalue weighted by Crippen LogP contribution is -2.23. The number of phenols is 1. The lowest BCUT2D eigenvalue weighted by Gasteiger charge is -2.05. The van der Waals surface area contributed by atoms with Gasteiger partial charge in [-0.15, -0.1) is 0 Å². The van der Waals surface area contributed by atoms with Gasteiger partial charge in [0.15, 0.2) is 0 Å². The number of rotatable bonds is 2. The molecule has 20 heavy (non-hydrogen) atoms. The number of carbonyl (C=O) groups is 1. The zero-order chi connectivity index (χ0) is 14.4. The summed E-state index contributed by atoms with van der Waals surface area (Å²) in [6.07, 6.45) is 0. The van der Waals surface area contributed by atoms with Crippen LogP contribution in [0, 0.1) is 18.8 Å². The third-order valence-corrected chi connectivity index (χ3v) is 2.74. The smallest absolute Gasteiger partial charge is 0.255 e. The summed E-state index contributed by atoms with van der Waals surface area (Å²) in [5.41, 5.74) is 2.09.